The Balaban J connectivity index is -0.0000000882. The zero-order chi connectivity index (χ0) is 52.1. The molecular formula is C52H114N2O7S2. The van der Waals surface area contributed by atoms with Gasteiger partial charge in [0, 0.05) is 13.2 Å². The van der Waals surface area contributed by atoms with Gasteiger partial charge < -0.3 is 33.8 Å². The largest absolute Gasteiger partial charge is 0.399 e. The van der Waals surface area contributed by atoms with Gasteiger partial charge >= 0.3 is 0 Å². The van der Waals surface area contributed by atoms with Crippen molar-refractivity contribution < 1.29 is 33.8 Å². The van der Waals surface area contributed by atoms with Gasteiger partial charge in [0.1, 0.15) is 12.9 Å². The van der Waals surface area contributed by atoms with E-state index >= 15 is 0 Å². The van der Waals surface area contributed by atoms with Crippen molar-refractivity contribution >= 4 is 35.0 Å². The molecule has 3 aliphatic heterocycles. The average Bonchev–Trinajstić information content (AvgIpc) is 4.02. The Bertz CT molecular complexity index is 936. The second-order valence-corrected chi connectivity index (χ2v) is 23.7. The van der Waals surface area contributed by atoms with E-state index in [4.69, 9.17) is 24.2 Å². The van der Waals surface area contributed by atoms with Crippen LogP contribution in [0.4, 0.5) is 0 Å². The van der Waals surface area contributed by atoms with E-state index in [-0.39, 0.29) is 23.2 Å². The van der Waals surface area contributed by atoms with Crippen LogP contribution in [0.2, 0.25) is 0 Å². The number of epoxide rings is 1. The monoisotopic (exact) mass is 943 g/mol. The highest BCUT2D eigenvalue weighted by atomic mass is 32.2. The number of thioether (sulfide) groups is 2. The number of rotatable bonds is 3. The van der Waals surface area contributed by atoms with Crippen molar-refractivity contribution in [2.45, 2.75) is 247 Å². The fourth-order valence-corrected chi connectivity index (χ4v) is 4.63. The van der Waals surface area contributed by atoms with E-state index < -0.39 is 0 Å². The maximum absolute atomic E-state index is 9.44. The van der Waals surface area contributed by atoms with Crippen LogP contribution in [0, 0.1) is 11.3 Å². The van der Waals surface area contributed by atoms with Gasteiger partial charge in [-0.25, -0.2) is 5.48 Å². The molecule has 0 spiro atoms. The van der Waals surface area contributed by atoms with Crippen LogP contribution in [0.25, 0.3) is 0 Å². The molecule has 2 N–H and O–H groups in total. The van der Waals surface area contributed by atoms with Crippen molar-refractivity contribution in [2.75, 3.05) is 45.5 Å². The van der Waals surface area contributed by atoms with Crippen LogP contribution in [0.1, 0.15) is 219 Å². The van der Waals surface area contributed by atoms with Crippen molar-refractivity contribution in [3.8, 4) is 0 Å². The molecule has 11 heteroatoms. The van der Waals surface area contributed by atoms with Gasteiger partial charge in [-0.05, 0) is 187 Å². The smallest absolute Gasteiger partial charge is 0.162 e. The van der Waals surface area contributed by atoms with Crippen molar-refractivity contribution in [1.29, 1.82) is 0 Å². The second-order valence-electron chi connectivity index (χ2n) is 20.0. The lowest BCUT2D eigenvalue weighted by Gasteiger charge is -2.29. The number of ketones is 1. The number of nitrogens with one attached hydrogen (secondary N) is 1. The van der Waals surface area contributed by atoms with Crippen LogP contribution < -0.4 is 5.48 Å². The van der Waals surface area contributed by atoms with Gasteiger partial charge in [0.25, 0.3) is 0 Å². The molecule has 4 fully saturated rings. The molecule has 0 aromatic heterocycles. The number of allylic oxidation sites excluding steroid dienone is 3. The molecule has 0 unspecified atom stereocenters. The molecule has 0 atom stereocenters. The molecule has 4 aliphatic rings. The first-order valence-electron chi connectivity index (χ1n) is 23.3. The third-order valence-electron chi connectivity index (χ3n) is 6.35. The summed E-state index contributed by atoms with van der Waals surface area (Å²) >= 11 is 4.17. The van der Waals surface area contributed by atoms with Crippen LogP contribution in [0.15, 0.2) is 28.5 Å². The second kappa shape index (κ2) is 50.5. The molecule has 4 rings (SSSR count). The van der Waals surface area contributed by atoms with Gasteiger partial charge in [0.2, 0.25) is 0 Å². The Morgan fingerprint density at radius 3 is 1.03 bits per heavy atom. The third-order valence-corrected chi connectivity index (χ3v) is 9.43. The van der Waals surface area contributed by atoms with Gasteiger partial charge in [0.15, 0.2) is 5.79 Å². The number of hydroxylamine groups is 1. The third kappa shape index (κ3) is 133. The Hall–Kier alpha value is -0.920. The number of methoxy groups -OCH3 is 1. The van der Waals surface area contributed by atoms with Crippen LogP contribution in [-0.2, 0) is 28.6 Å². The summed E-state index contributed by atoms with van der Waals surface area (Å²) in [5.41, 5.74) is 7.99. The summed E-state index contributed by atoms with van der Waals surface area (Å²) < 4.78 is 20.6. The van der Waals surface area contributed by atoms with Crippen LogP contribution >= 0.6 is 23.5 Å². The number of hydrogen-bond donors (Lipinski definition) is 2. The maximum atomic E-state index is 9.44. The molecule has 386 valence electrons. The summed E-state index contributed by atoms with van der Waals surface area (Å²) in [6, 6.07) is 0.190. The van der Waals surface area contributed by atoms with Gasteiger partial charge in [0.05, 0.1) is 41.3 Å². The Kier molecular flexibility index (Phi) is 63.5. The normalized spacial score (nSPS) is 16.5. The van der Waals surface area contributed by atoms with E-state index in [9.17, 15) is 4.79 Å². The van der Waals surface area contributed by atoms with Gasteiger partial charge in [-0.2, -0.15) is 0 Å². The lowest BCUT2D eigenvalue weighted by atomic mass is 10.2. The van der Waals surface area contributed by atoms with Crippen molar-refractivity contribution in [3.05, 3.63) is 23.3 Å². The first-order chi connectivity index (χ1) is 28.4. The summed E-state index contributed by atoms with van der Waals surface area (Å²) in [7, 11) is 3.23. The van der Waals surface area contributed by atoms with E-state index in [0.717, 1.165) is 43.3 Å². The molecule has 3 saturated heterocycles. The maximum Gasteiger partial charge on any atom is 0.162 e. The molecule has 3 heterocycles. The SMILES string of the molecule is C=C(C)C.CC(C)=C(C)C.CC(C)=O.CC(C)C.CC(C)NO.CC1(C)CC1.CC1(C)CO1.CC1(C)OCCCO1.CC1(C)SCCCS1.CCC.COC(C)C.CON=C(C)C. The van der Waals surface area contributed by atoms with E-state index in [1.54, 1.807) is 7.11 Å². The van der Waals surface area contributed by atoms with Crippen molar-refractivity contribution in [3.63, 3.8) is 0 Å². The molecular weight excluding hydrogens is 829 g/mol. The molecule has 63 heavy (non-hydrogen) atoms. The molecule has 9 nitrogen and oxygen atoms in total. The quantitative estimate of drug-likeness (QED) is 0.123. The average molecular weight is 944 g/mol. The minimum atomic E-state index is -0.321. The Labute approximate surface area is 404 Å². The Morgan fingerprint density at radius 2 is 0.968 bits per heavy atom. The minimum Gasteiger partial charge on any atom is -0.399 e. The summed E-state index contributed by atoms with van der Waals surface area (Å²) in [5, 5.41) is 11.4. The highest BCUT2D eigenvalue weighted by Crippen LogP contribution is 2.43. The molecule has 1 saturated carbocycles. The van der Waals surface area contributed by atoms with E-state index in [1.165, 1.54) is 74.9 Å². The molecule has 0 amide bonds. The van der Waals surface area contributed by atoms with E-state index in [2.05, 4.69) is 144 Å². The molecule has 0 bridgehead atoms. The lowest BCUT2D eigenvalue weighted by molar-refractivity contribution is -0.244. The molecule has 0 aromatic rings. The van der Waals surface area contributed by atoms with E-state index in [0.29, 0.717) is 10.2 Å². The van der Waals surface area contributed by atoms with Crippen LogP contribution in [0.3, 0.4) is 0 Å². The number of carbonyl (C=O) groups is 1. The van der Waals surface area contributed by atoms with Crippen LogP contribution in [0.5, 0.6) is 0 Å². The number of carbonyl (C=O) groups excluding carboxylic acids is 1. The number of nitrogens with zero attached hydrogens (tertiary/aromatic N) is 1. The Morgan fingerprint density at radius 1 is 0.714 bits per heavy atom. The molecule has 1 aliphatic carbocycles. The predicted molar refractivity (Wildman–Crippen MR) is 288 cm³/mol. The number of oxime groups is 1. The van der Waals surface area contributed by atoms with Crippen molar-refractivity contribution in [2.24, 2.45) is 16.5 Å². The summed E-state index contributed by atoms with van der Waals surface area (Å²) in [6.07, 6.45) is 6.97. The first-order valence-corrected chi connectivity index (χ1v) is 25.2. The van der Waals surface area contributed by atoms with Gasteiger partial charge in [-0.1, -0.05) is 76.8 Å². The summed E-state index contributed by atoms with van der Waals surface area (Å²) in [6.45, 7) is 61.1. The number of ether oxygens (including phenoxy) is 4. The fraction of sp³-hybridized carbons (Fsp3) is 0.885. The minimum absolute atomic E-state index is 0.167. The van der Waals surface area contributed by atoms with E-state index in [1.807, 2.05) is 74.7 Å². The van der Waals surface area contributed by atoms with Gasteiger partial charge in [-0.15, -0.1) is 30.1 Å². The first kappa shape index (κ1) is 79.2. The molecule has 0 radical (unpaired) electrons. The predicted octanol–water partition coefficient (Wildman–Crippen LogP) is 16.4. The molecule has 0 aromatic carbocycles. The summed E-state index contributed by atoms with van der Waals surface area (Å²) in [5.74, 6) is 3.40. The van der Waals surface area contributed by atoms with Crippen molar-refractivity contribution in [1.82, 2.24) is 5.48 Å². The summed E-state index contributed by atoms with van der Waals surface area (Å²) in [4.78, 5) is 13.8. The lowest BCUT2D eigenvalue weighted by Crippen LogP contribution is -2.33. The zero-order valence-corrected chi connectivity index (χ0v) is 49.3. The van der Waals surface area contributed by atoms with Gasteiger partial charge in [-0.3, -0.25) is 0 Å². The zero-order valence-electron chi connectivity index (χ0n) is 47.7. The highest BCUT2D eigenvalue weighted by Gasteiger charge is 2.32. The number of hydrogen-bond acceptors (Lipinski definition) is 11. The standard InChI is InChI=1S/C6H12O2.C6H12S2.C6H12.C5H10.C4H9NO.C4H8O.C4H10O.C4H10.C4H8.C3H9NO.C3H6O.C3H8/c2*1-6(2)7-4-3-5-8-6;1-5(2)6(3)4;1-5(2)3-4-5;1-4(2)5-6-3;1-4(2)3-5-4;1-4(2)5-3;2*1-4(2)3;1-3(2)4-5;1-3(2)4;1-3-2/h2*3-5H2,1-2H3;1-4H3;3-4H2,1-2H3;1-3H3;3H2,1-2H3;4H,1-3H3;4H,1-3H3;1H2,2-3H3;3-5H,1-2H3;1-2H3;3H2,1-2H3. The van der Waals surface area contributed by atoms with Crippen LogP contribution in [-0.4, -0.2) is 89.9 Å². The topological polar surface area (TPSA) is 111 Å². The number of Topliss-reactive ketones (excluding diaryl/α,β-unsaturated/α-hetero) is 1. The fourth-order valence-electron chi connectivity index (χ4n) is 2.05. The highest BCUT2D eigenvalue weighted by molar-refractivity contribution is 8.18.